The summed E-state index contributed by atoms with van der Waals surface area (Å²) in [6, 6.07) is 0.408. The Morgan fingerprint density at radius 1 is 1.21 bits per heavy atom. The maximum absolute atomic E-state index is 4.26. The van der Waals surface area contributed by atoms with Crippen molar-refractivity contribution in [2.45, 2.75) is 59.4 Å². The van der Waals surface area contributed by atoms with E-state index in [0.29, 0.717) is 12.0 Å². The minimum Gasteiger partial charge on any atom is -0.246 e. The SMILES string of the molecule is CCCc1nnn(C(C)C)c1C(C)C. The normalized spacial score (nSPS) is 11.6. The lowest BCUT2D eigenvalue weighted by atomic mass is 10.1. The lowest BCUT2D eigenvalue weighted by Crippen LogP contribution is -2.09. The lowest BCUT2D eigenvalue weighted by molar-refractivity contribution is 0.484. The van der Waals surface area contributed by atoms with Gasteiger partial charge in [0, 0.05) is 6.04 Å². The molecule has 0 spiro atoms. The molecule has 0 aromatic carbocycles. The van der Waals surface area contributed by atoms with Crippen LogP contribution in [0.3, 0.4) is 0 Å². The van der Waals surface area contributed by atoms with Crippen LogP contribution in [0.1, 0.15) is 64.4 Å². The molecule has 1 aromatic rings. The summed E-state index contributed by atoms with van der Waals surface area (Å²) in [5.74, 6) is 0.508. The molecule has 0 unspecified atom stereocenters. The number of rotatable bonds is 4. The predicted molar refractivity (Wildman–Crippen MR) is 58.5 cm³/mol. The van der Waals surface area contributed by atoms with E-state index in [0.717, 1.165) is 12.8 Å². The van der Waals surface area contributed by atoms with Crippen molar-refractivity contribution in [1.29, 1.82) is 0 Å². The topological polar surface area (TPSA) is 30.7 Å². The molecular formula is C11H21N3. The molecule has 3 nitrogen and oxygen atoms in total. The molecule has 80 valence electrons. The van der Waals surface area contributed by atoms with Crippen LogP contribution in [0.25, 0.3) is 0 Å². The second kappa shape index (κ2) is 4.58. The van der Waals surface area contributed by atoms with Gasteiger partial charge in [0.2, 0.25) is 0 Å². The van der Waals surface area contributed by atoms with Gasteiger partial charge in [0.05, 0.1) is 11.4 Å². The summed E-state index contributed by atoms with van der Waals surface area (Å²) < 4.78 is 2.05. The van der Waals surface area contributed by atoms with E-state index in [4.69, 9.17) is 0 Å². The van der Waals surface area contributed by atoms with Crippen molar-refractivity contribution in [1.82, 2.24) is 15.0 Å². The number of hydrogen-bond acceptors (Lipinski definition) is 2. The second-order valence-electron chi connectivity index (χ2n) is 4.36. The van der Waals surface area contributed by atoms with Crippen molar-refractivity contribution in [2.75, 3.05) is 0 Å². The number of hydrogen-bond donors (Lipinski definition) is 0. The third-order valence-electron chi connectivity index (χ3n) is 2.33. The Kier molecular flexibility index (Phi) is 3.67. The summed E-state index contributed by atoms with van der Waals surface area (Å²) >= 11 is 0. The fourth-order valence-corrected chi connectivity index (χ4v) is 1.73. The molecule has 0 bridgehead atoms. The predicted octanol–water partition coefficient (Wildman–Crippen LogP) is 2.93. The van der Waals surface area contributed by atoms with Crippen LogP contribution < -0.4 is 0 Å². The van der Waals surface area contributed by atoms with Crippen molar-refractivity contribution >= 4 is 0 Å². The van der Waals surface area contributed by atoms with E-state index in [1.165, 1.54) is 11.4 Å². The van der Waals surface area contributed by atoms with Crippen LogP contribution in [0.4, 0.5) is 0 Å². The second-order valence-corrected chi connectivity index (χ2v) is 4.36. The molecule has 0 aliphatic heterocycles. The summed E-state index contributed by atoms with van der Waals surface area (Å²) in [6.45, 7) is 10.9. The monoisotopic (exact) mass is 195 g/mol. The third kappa shape index (κ3) is 2.14. The van der Waals surface area contributed by atoms with Crippen molar-refractivity contribution in [3.63, 3.8) is 0 Å². The highest BCUT2D eigenvalue weighted by molar-refractivity contribution is 5.15. The molecule has 0 aliphatic carbocycles. The molecule has 0 N–H and O–H groups in total. The van der Waals surface area contributed by atoms with Gasteiger partial charge in [0.1, 0.15) is 0 Å². The fraction of sp³-hybridized carbons (Fsp3) is 0.818. The average Bonchev–Trinajstić information content (AvgIpc) is 2.48. The zero-order valence-corrected chi connectivity index (χ0v) is 9.91. The van der Waals surface area contributed by atoms with E-state index in [-0.39, 0.29) is 0 Å². The van der Waals surface area contributed by atoms with Gasteiger partial charge in [0.15, 0.2) is 0 Å². The zero-order chi connectivity index (χ0) is 10.7. The van der Waals surface area contributed by atoms with Crippen LogP contribution in [-0.2, 0) is 6.42 Å². The number of aryl methyl sites for hydroxylation is 1. The van der Waals surface area contributed by atoms with Gasteiger partial charge in [0.25, 0.3) is 0 Å². The van der Waals surface area contributed by atoms with Gasteiger partial charge < -0.3 is 0 Å². The van der Waals surface area contributed by atoms with E-state index < -0.39 is 0 Å². The van der Waals surface area contributed by atoms with Gasteiger partial charge in [-0.2, -0.15) is 0 Å². The zero-order valence-electron chi connectivity index (χ0n) is 9.91. The minimum atomic E-state index is 0.408. The minimum absolute atomic E-state index is 0.408. The first-order valence-electron chi connectivity index (χ1n) is 5.51. The number of nitrogens with zero attached hydrogens (tertiary/aromatic N) is 3. The molecule has 0 fully saturated rings. The van der Waals surface area contributed by atoms with Crippen LogP contribution in [0.2, 0.25) is 0 Å². The molecule has 0 aliphatic rings. The Morgan fingerprint density at radius 2 is 1.86 bits per heavy atom. The maximum atomic E-state index is 4.26. The highest BCUT2D eigenvalue weighted by atomic mass is 15.4. The molecule has 0 saturated carbocycles. The summed E-state index contributed by atoms with van der Waals surface area (Å²) in [4.78, 5) is 0. The molecule has 0 saturated heterocycles. The average molecular weight is 195 g/mol. The lowest BCUT2D eigenvalue weighted by Gasteiger charge is -2.13. The first-order chi connectivity index (χ1) is 6.57. The summed E-state index contributed by atoms with van der Waals surface area (Å²) in [5, 5.41) is 8.48. The molecular weight excluding hydrogens is 174 g/mol. The Hall–Kier alpha value is -0.860. The van der Waals surface area contributed by atoms with Crippen molar-refractivity contribution < 1.29 is 0 Å². The molecule has 0 amide bonds. The van der Waals surface area contributed by atoms with E-state index in [2.05, 4.69) is 49.6 Å². The molecule has 1 rings (SSSR count). The van der Waals surface area contributed by atoms with Crippen LogP contribution in [-0.4, -0.2) is 15.0 Å². The van der Waals surface area contributed by atoms with Crippen LogP contribution >= 0.6 is 0 Å². The molecule has 0 atom stereocenters. The Labute approximate surface area is 86.5 Å². The summed E-state index contributed by atoms with van der Waals surface area (Å²) in [7, 11) is 0. The summed E-state index contributed by atoms with van der Waals surface area (Å²) in [6.07, 6.45) is 2.18. The Balaban J connectivity index is 3.07. The molecule has 1 heterocycles. The van der Waals surface area contributed by atoms with Gasteiger partial charge in [-0.1, -0.05) is 32.4 Å². The van der Waals surface area contributed by atoms with Crippen molar-refractivity contribution in [3.8, 4) is 0 Å². The van der Waals surface area contributed by atoms with E-state index >= 15 is 0 Å². The quantitative estimate of drug-likeness (QED) is 0.739. The van der Waals surface area contributed by atoms with Gasteiger partial charge in [-0.15, -0.1) is 5.10 Å². The smallest absolute Gasteiger partial charge is 0.0861 e. The summed E-state index contributed by atoms with van der Waals surface area (Å²) in [5.41, 5.74) is 2.48. The van der Waals surface area contributed by atoms with Crippen LogP contribution in [0.5, 0.6) is 0 Å². The highest BCUT2D eigenvalue weighted by Gasteiger charge is 2.16. The van der Waals surface area contributed by atoms with Gasteiger partial charge >= 0.3 is 0 Å². The van der Waals surface area contributed by atoms with E-state index in [1.807, 2.05) is 0 Å². The van der Waals surface area contributed by atoms with Gasteiger partial charge in [-0.3, -0.25) is 0 Å². The maximum Gasteiger partial charge on any atom is 0.0861 e. The first kappa shape index (κ1) is 11.2. The Bertz CT molecular complexity index is 287. The Morgan fingerprint density at radius 3 is 2.29 bits per heavy atom. The van der Waals surface area contributed by atoms with Crippen molar-refractivity contribution in [2.24, 2.45) is 0 Å². The molecule has 1 aromatic heterocycles. The van der Waals surface area contributed by atoms with Gasteiger partial charge in [-0.05, 0) is 26.2 Å². The standard InChI is InChI=1S/C11H21N3/c1-6-7-10-11(8(2)3)14(9(4)5)13-12-10/h8-9H,6-7H2,1-5H3. The van der Waals surface area contributed by atoms with E-state index in [1.54, 1.807) is 0 Å². The molecule has 3 heteroatoms. The number of aromatic nitrogens is 3. The highest BCUT2D eigenvalue weighted by Crippen LogP contribution is 2.21. The third-order valence-corrected chi connectivity index (χ3v) is 2.33. The largest absolute Gasteiger partial charge is 0.246 e. The molecule has 14 heavy (non-hydrogen) atoms. The first-order valence-corrected chi connectivity index (χ1v) is 5.51. The van der Waals surface area contributed by atoms with Crippen molar-refractivity contribution in [3.05, 3.63) is 11.4 Å². The van der Waals surface area contributed by atoms with Crippen LogP contribution in [0.15, 0.2) is 0 Å². The van der Waals surface area contributed by atoms with Gasteiger partial charge in [-0.25, -0.2) is 4.68 Å². The van der Waals surface area contributed by atoms with Crippen LogP contribution in [0, 0.1) is 0 Å². The molecule has 0 radical (unpaired) electrons. The van der Waals surface area contributed by atoms with E-state index in [9.17, 15) is 0 Å². The fourth-order valence-electron chi connectivity index (χ4n) is 1.73.